The molecule has 98 valence electrons. The van der Waals surface area contributed by atoms with Gasteiger partial charge >= 0.3 is 11.4 Å². The van der Waals surface area contributed by atoms with Gasteiger partial charge in [-0.15, -0.1) is 0 Å². The largest absolute Gasteiger partial charge is 0.325 e. The lowest BCUT2D eigenvalue weighted by Crippen LogP contribution is -2.25. The van der Waals surface area contributed by atoms with Crippen LogP contribution in [0.25, 0.3) is 0 Å². The zero-order valence-corrected chi connectivity index (χ0v) is 11.1. The van der Waals surface area contributed by atoms with Crippen molar-refractivity contribution < 1.29 is 0 Å². The summed E-state index contributed by atoms with van der Waals surface area (Å²) in [5.41, 5.74) is 3.32. The molecular weight excluding hydrogens is 232 g/mol. The highest BCUT2D eigenvalue weighted by Crippen LogP contribution is 2.03. The second kappa shape index (κ2) is 4.36. The van der Waals surface area contributed by atoms with Gasteiger partial charge in [0.2, 0.25) is 0 Å². The molecule has 2 N–H and O–H groups in total. The number of nitrogens with zero attached hydrogens (tertiary/aromatic N) is 2. The topological polar surface area (TPSA) is 75.6 Å². The first-order valence-corrected chi connectivity index (χ1v) is 5.94. The number of H-pyrrole nitrogens is 2. The molecule has 0 bridgehead atoms. The Balaban J connectivity index is 2.27. The van der Waals surface area contributed by atoms with Crippen molar-refractivity contribution in [2.45, 2.75) is 40.8 Å². The van der Waals surface area contributed by atoms with Gasteiger partial charge in [0.25, 0.3) is 0 Å². The second-order valence-electron chi connectivity index (χ2n) is 4.58. The summed E-state index contributed by atoms with van der Waals surface area (Å²) in [6.07, 6.45) is 0. The van der Waals surface area contributed by atoms with Crippen molar-refractivity contribution in [1.82, 2.24) is 19.1 Å². The molecule has 2 heterocycles. The molecule has 18 heavy (non-hydrogen) atoms. The van der Waals surface area contributed by atoms with Crippen molar-refractivity contribution >= 4 is 0 Å². The predicted molar refractivity (Wildman–Crippen MR) is 69.1 cm³/mol. The number of aromatic amines is 2. The third-order valence-corrected chi connectivity index (χ3v) is 3.52. The zero-order chi connectivity index (χ0) is 13.4. The van der Waals surface area contributed by atoms with E-state index in [1.54, 1.807) is 9.13 Å². The third kappa shape index (κ3) is 1.94. The first-order valence-electron chi connectivity index (χ1n) is 5.94. The van der Waals surface area contributed by atoms with Gasteiger partial charge < -0.3 is 9.97 Å². The van der Waals surface area contributed by atoms with Crippen molar-refractivity contribution in [1.29, 1.82) is 0 Å². The molecule has 6 heteroatoms. The molecule has 0 spiro atoms. The van der Waals surface area contributed by atoms with E-state index in [-0.39, 0.29) is 11.4 Å². The van der Waals surface area contributed by atoms with Crippen LogP contribution in [0.1, 0.15) is 22.8 Å². The van der Waals surface area contributed by atoms with Crippen molar-refractivity contribution in [3.63, 3.8) is 0 Å². The van der Waals surface area contributed by atoms with Crippen LogP contribution in [0.15, 0.2) is 9.59 Å². The first kappa shape index (κ1) is 12.5. The Morgan fingerprint density at radius 1 is 0.778 bits per heavy atom. The fraction of sp³-hybridized carbons (Fsp3) is 0.500. The molecular formula is C12H18N4O2. The lowest BCUT2D eigenvalue weighted by Gasteiger charge is -2.06. The Morgan fingerprint density at radius 3 is 1.33 bits per heavy atom. The Morgan fingerprint density at radius 2 is 1.11 bits per heavy atom. The van der Waals surface area contributed by atoms with E-state index in [0.29, 0.717) is 13.1 Å². The molecule has 0 amide bonds. The van der Waals surface area contributed by atoms with Crippen LogP contribution in [-0.2, 0) is 13.1 Å². The summed E-state index contributed by atoms with van der Waals surface area (Å²) >= 11 is 0. The van der Waals surface area contributed by atoms with Gasteiger partial charge in [0, 0.05) is 35.9 Å². The molecule has 0 aromatic carbocycles. The fourth-order valence-corrected chi connectivity index (χ4v) is 2.08. The van der Waals surface area contributed by atoms with Gasteiger partial charge in [0.1, 0.15) is 0 Å². The Bertz CT molecular complexity index is 624. The number of hydrogen-bond acceptors (Lipinski definition) is 2. The number of aryl methyl sites for hydroxylation is 2. The molecule has 6 nitrogen and oxygen atoms in total. The molecule has 0 aliphatic carbocycles. The summed E-state index contributed by atoms with van der Waals surface area (Å²) < 4.78 is 3.31. The van der Waals surface area contributed by atoms with Crippen molar-refractivity contribution in [3.05, 3.63) is 43.7 Å². The highest BCUT2D eigenvalue weighted by Gasteiger charge is 2.09. The summed E-state index contributed by atoms with van der Waals surface area (Å²) in [5.74, 6) is 0. The van der Waals surface area contributed by atoms with Crippen molar-refractivity contribution in [2.75, 3.05) is 0 Å². The van der Waals surface area contributed by atoms with Gasteiger partial charge in [0.15, 0.2) is 0 Å². The van der Waals surface area contributed by atoms with E-state index >= 15 is 0 Å². The van der Waals surface area contributed by atoms with Crippen LogP contribution in [0.5, 0.6) is 0 Å². The van der Waals surface area contributed by atoms with Crippen LogP contribution in [0.4, 0.5) is 0 Å². The first-order chi connectivity index (χ1) is 8.41. The molecule has 0 saturated carbocycles. The molecule has 0 saturated heterocycles. The molecule has 2 rings (SSSR count). The SMILES string of the molecule is Cc1[nH]c(=O)n(CCn2c(C)c(C)[nH]c2=O)c1C. The smallest absolute Gasteiger partial charge is 0.310 e. The predicted octanol–water partition coefficient (Wildman–Crippen LogP) is 0.600. The van der Waals surface area contributed by atoms with Gasteiger partial charge in [-0.25, -0.2) is 9.59 Å². The monoisotopic (exact) mass is 250 g/mol. The number of aromatic nitrogens is 4. The van der Waals surface area contributed by atoms with Gasteiger partial charge in [-0.3, -0.25) is 9.13 Å². The Labute approximate surface area is 104 Å². The van der Waals surface area contributed by atoms with Gasteiger partial charge in [-0.2, -0.15) is 0 Å². The van der Waals surface area contributed by atoms with Gasteiger partial charge in [-0.1, -0.05) is 0 Å². The molecule has 2 aromatic heterocycles. The highest BCUT2D eigenvalue weighted by molar-refractivity contribution is 5.10. The van der Waals surface area contributed by atoms with Crippen LogP contribution in [0.2, 0.25) is 0 Å². The standard InChI is InChI=1S/C12H18N4O2/c1-7-9(3)15(11(17)13-7)5-6-16-10(4)8(2)14-12(16)18/h5-6H2,1-4H3,(H,13,17)(H,14,18). The third-order valence-electron chi connectivity index (χ3n) is 3.52. The van der Waals surface area contributed by atoms with Gasteiger partial charge in [-0.05, 0) is 27.7 Å². The fourth-order valence-electron chi connectivity index (χ4n) is 2.08. The lowest BCUT2D eigenvalue weighted by molar-refractivity contribution is 0.539. The summed E-state index contributed by atoms with van der Waals surface area (Å²) in [6, 6.07) is 0. The summed E-state index contributed by atoms with van der Waals surface area (Å²) in [7, 11) is 0. The molecule has 0 radical (unpaired) electrons. The quantitative estimate of drug-likeness (QED) is 0.837. The molecule has 0 aliphatic heterocycles. The van der Waals surface area contributed by atoms with Crippen LogP contribution >= 0.6 is 0 Å². The van der Waals surface area contributed by atoms with Crippen LogP contribution < -0.4 is 11.4 Å². The van der Waals surface area contributed by atoms with E-state index in [4.69, 9.17) is 0 Å². The highest BCUT2D eigenvalue weighted by atomic mass is 16.1. The molecule has 0 atom stereocenters. The van der Waals surface area contributed by atoms with E-state index < -0.39 is 0 Å². The summed E-state index contributed by atoms with van der Waals surface area (Å²) in [6.45, 7) is 8.51. The maximum absolute atomic E-state index is 11.7. The molecule has 2 aromatic rings. The van der Waals surface area contributed by atoms with Crippen LogP contribution in [0.3, 0.4) is 0 Å². The Hall–Kier alpha value is -1.98. The van der Waals surface area contributed by atoms with E-state index in [1.807, 2.05) is 27.7 Å². The van der Waals surface area contributed by atoms with E-state index in [2.05, 4.69) is 9.97 Å². The normalized spacial score (nSPS) is 11.1. The minimum atomic E-state index is -0.122. The molecule has 0 aliphatic rings. The summed E-state index contributed by atoms with van der Waals surface area (Å²) in [5, 5.41) is 0. The summed E-state index contributed by atoms with van der Waals surface area (Å²) in [4.78, 5) is 28.9. The lowest BCUT2D eigenvalue weighted by atomic mass is 10.3. The number of nitrogens with one attached hydrogen (secondary N) is 2. The maximum Gasteiger partial charge on any atom is 0.325 e. The second-order valence-corrected chi connectivity index (χ2v) is 4.58. The Kier molecular flexibility index (Phi) is 3.02. The van der Waals surface area contributed by atoms with Crippen molar-refractivity contribution in [3.8, 4) is 0 Å². The zero-order valence-electron chi connectivity index (χ0n) is 11.1. The van der Waals surface area contributed by atoms with Gasteiger partial charge in [0.05, 0.1) is 0 Å². The minimum Gasteiger partial charge on any atom is -0.310 e. The minimum absolute atomic E-state index is 0.122. The average molecular weight is 250 g/mol. The maximum atomic E-state index is 11.7. The van der Waals surface area contributed by atoms with E-state index in [1.165, 1.54) is 0 Å². The average Bonchev–Trinajstić information content (AvgIpc) is 2.67. The number of hydrogen-bond donors (Lipinski definition) is 2. The van der Waals surface area contributed by atoms with Crippen molar-refractivity contribution in [2.24, 2.45) is 0 Å². The van der Waals surface area contributed by atoms with E-state index in [9.17, 15) is 9.59 Å². The van der Waals surface area contributed by atoms with E-state index in [0.717, 1.165) is 22.8 Å². The van der Waals surface area contributed by atoms with Crippen LogP contribution in [0, 0.1) is 27.7 Å². The number of rotatable bonds is 3. The van der Waals surface area contributed by atoms with Crippen LogP contribution in [-0.4, -0.2) is 19.1 Å². The number of imidazole rings is 2. The molecule has 0 fully saturated rings. The molecule has 0 unspecified atom stereocenters.